The number of carbonyl (C=O) groups is 1. The van der Waals surface area contributed by atoms with Crippen LogP contribution in [0.25, 0.3) is 0 Å². The molecule has 0 atom stereocenters. The first kappa shape index (κ1) is 22.1. The summed E-state index contributed by atoms with van der Waals surface area (Å²) in [4.78, 5) is 14.7. The largest absolute Gasteiger partial charge is 0.494 e. The summed E-state index contributed by atoms with van der Waals surface area (Å²) in [6, 6.07) is 14.6. The average Bonchev–Trinajstić information content (AvgIpc) is 3.19. The van der Waals surface area contributed by atoms with Crippen molar-refractivity contribution in [3.63, 3.8) is 0 Å². The minimum absolute atomic E-state index is 0.0731. The third kappa shape index (κ3) is 5.52. The number of benzene rings is 2. The summed E-state index contributed by atoms with van der Waals surface area (Å²) in [7, 11) is -3.83. The Kier molecular flexibility index (Phi) is 6.76. The lowest BCUT2D eigenvalue weighted by Gasteiger charge is -2.09. The summed E-state index contributed by atoms with van der Waals surface area (Å²) in [6.45, 7) is 5.72. The van der Waals surface area contributed by atoms with Gasteiger partial charge in [0.25, 0.3) is 15.9 Å². The third-order valence-electron chi connectivity index (χ3n) is 4.42. The maximum absolute atomic E-state index is 12.5. The molecule has 0 bridgehead atoms. The Bertz CT molecular complexity index is 1200. The van der Waals surface area contributed by atoms with E-state index in [1.165, 1.54) is 18.4 Å². The van der Waals surface area contributed by atoms with Gasteiger partial charge >= 0.3 is 0 Å². The van der Waals surface area contributed by atoms with Crippen LogP contribution in [0, 0.1) is 6.92 Å². The van der Waals surface area contributed by atoms with Gasteiger partial charge in [-0.25, -0.2) is 0 Å². The molecule has 2 aromatic carbocycles. The van der Waals surface area contributed by atoms with E-state index in [0.717, 1.165) is 0 Å². The molecule has 0 aliphatic heterocycles. The first-order valence-electron chi connectivity index (χ1n) is 9.55. The van der Waals surface area contributed by atoms with E-state index in [-0.39, 0.29) is 10.8 Å². The monoisotopic (exact) mass is 441 g/mol. The highest BCUT2D eigenvalue weighted by Gasteiger charge is 2.14. The molecule has 162 valence electrons. The van der Waals surface area contributed by atoms with Gasteiger partial charge in [0.05, 0.1) is 29.0 Å². The standard InChI is InChI=1S/C22H23N3O5S/c1-4-29-19-8-10-20(11-9-19)31(27,28)25-24-15(2)17-6-5-7-18(14-17)23-22(26)21-12-13-30-16(21)3/h5-14,25H,4H2,1-3H3,(H,23,26)/b24-15-. The molecule has 2 N–H and O–H groups in total. The molecular formula is C22H23N3O5S. The van der Waals surface area contributed by atoms with Crippen LogP contribution in [0.15, 0.2) is 75.3 Å². The van der Waals surface area contributed by atoms with Crippen LogP contribution < -0.4 is 14.9 Å². The fourth-order valence-corrected chi connectivity index (χ4v) is 3.63. The molecule has 8 nitrogen and oxygen atoms in total. The maximum atomic E-state index is 12.5. The fraction of sp³-hybridized carbons (Fsp3) is 0.182. The highest BCUT2D eigenvalue weighted by Crippen LogP contribution is 2.17. The molecule has 0 unspecified atom stereocenters. The molecule has 1 aromatic heterocycles. The van der Waals surface area contributed by atoms with Gasteiger partial charge in [0.1, 0.15) is 11.5 Å². The highest BCUT2D eigenvalue weighted by molar-refractivity contribution is 7.89. The first-order valence-corrected chi connectivity index (χ1v) is 11.0. The van der Waals surface area contributed by atoms with Crippen molar-refractivity contribution in [1.82, 2.24) is 4.83 Å². The Balaban J connectivity index is 1.72. The van der Waals surface area contributed by atoms with Crippen molar-refractivity contribution in [2.24, 2.45) is 5.10 Å². The quantitative estimate of drug-likeness (QED) is 0.406. The third-order valence-corrected chi connectivity index (χ3v) is 5.64. The predicted octanol–water partition coefficient (Wildman–Crippen LogP) is 3.94. The van der Waals surface area contributed by atoms with Gasteiger partial charge in [0.15, 0.2) is 0 Å². The topological polar surface area (TPSA) is 110 Å². The molecule has 0 aliphatic carbocycles. The van der Waals surface area contributed by atoms with E-state index >= 15 is 0 Å². The van der Waals surface area contributed by atoms with Crippen molar-refractivity contribution in [3.8, 4) is 5.75 Å². The second-order valence-electron chi connectivity index (χ2n) is 6.62. The minimum Gasteiger partial charge on any atom is -0.494 e. The lowest BCUT2D eigenvalue weighted by Crippen LogP contribution is -2.20. The van der Waals surface area contributed by atoms with Gasteiger partial charge in [-0.15, -0.1) is 0 Å². The van der Waals surface area contributed by atoms with Crippen molar-refractivity contribution in [2.75, 3.05) is 11.9 Å². The summed E-state index contributed by atoms with van der Waals surface area (Å²) in [5.41, 5.74) is 2.08. The van der Waals surface area contributed by atoms with Crippen LogP contribution in [0.2, 0.25) is 0 Å². The number of ether oxygens (including phenoxy) is 1. The zero-order valence-corrected chi connectivity index (χ0v) is 18.2. The maximum Gasteiger partial charge on any atom is 0.276 e. The number of anilines is 1. The summed E-state index contributed by atoms with van der Waals surface area (Å²) in [5, 5.41) is 6.79. The number of sulfonamides is 1. The Labute approximate surface area is 181 Å². The summed E-state index contributed by atoms with van der Waals surface area (Å²) in [6.07, 6.45) is 1.45. The molecule has 0 aliphatic rings. The number of hydrogen-bond donors (Lipinski definition) is 2. The summed E-state index contributed by atoms with van der Waals surface area (Å²) >= 11 is 0. The van der Waals surface area contributed by atoms with Gasteiger partial charge in [-0.05, 0) is 68.8 Å². The van der Waals surface area contributed by atoms with E-state index in [4.69, 9.17) is 9.15 Å². The zero-order chi connectivity index (χ0) is 22.4. The Morgan fingerprint density at radius 2 is 1.87 bits per heavy atom. The van der Waals surface area contributed by atoms with Crippen LogP contribution in [0.1, 0.15) is 35.5 Å². The van der Waals surface area contributed by atoms with E-state index in [2.05, 4.69) is 15.2 Å². The Morgan fingerprint density at radius 1 is 1.13 bits per heavy atom. The molecule has 31 heavy (non-hydrogen) atoms. The number of nitrogens with zero attached hydrogens (tertiary/aromatic N) is 1. The van der Waals surface area contributed by atoms with E-state index in [9.17, 15) is 13.2 Å². The molecule has 0 radical (unpaired) electrons. The van der Waals surface area contributed by atoms with E-state index in [1.54, 1.807) is 56.3 Å². The van der Waals surface area contributed by atoms with Crippen molar-refractivity contribution >= 4 is 27.3 Å². The van der Waals surface area contributed by atoms with Crippen LogP contribution in [-0.2, 0) is 10.0 Å². The number of hydrogen-bond acceptors (Lipinski definition) is 6. The van der Waals surface area contributed by atoms with Gasteiger partial charge in [-0.2, -0.15) is 18.4 Å². The number of aryl methyl sites for hydroxylation is 1. The molecule has 0 spiro atoms. The van der Waals surface area contributed by atoms with Gasteiger partial charge in [-0.3, -0.25) is 4.79 Å². The number of hydrazone groups is 1. The normalized spacial score (nSPS) is 11.8. The number of nitrogens with one attached hydrogen (secondary N) is 2. The van der Waals surface area contributed by atoms with Gasteiger partial charge in [-0.1, -0.05) is 12.1 Å². The van der Waals surface area contributed by atoms with Crippen LogP contribution in [0.5, 0.6) is 5.75 Å². The number of amides is 1. The molecular weight excluding hydrogens is 418 g/mol. The summed E-state index contributed by atoms with van der Waals surface area (Å²) < 4.78 is 35.4. The fourth-order valence-electron chi connectivity index (χ4n) is 2.77. The molecule has 3 aromatic rings. The Morgan fingerprint density at radius 3 is 2.52 bits per heavy atom. The number of furan rings is 1. The number of rotatable bonds is 8. The molecule has 1 amide bonds. The van der Waals surface area contributed by atoms with E-state index in [0.29, 0.717) is 40.6 Å². The highest BCUT2D eigenvalue weighted by atomic mass is 32.2. The second-order valence-corrected chi connectivity index (χ2v) is 8.28. The zero-order valence-electron chi connectivity index (χ0n) is 17.4. The van der Waals surface area contributed by atoms with Crippen molar-refractivity contribution in [1.29, 1.82) is 0 Å². The van der Waals surface area contributed by atoms with E-state index in [1.807, 2.05) is 6.92 Å². The van der Waals surface area contributed by atoms with Crippen LogP contribution in [-0.4, -0.2) is 26.6 Å². The summed E-state index contributed by atoms with van der Waals surface area (Å²) in [5.74, 6) is 0.815. The van der Waals surface area contributed by atoms with Gasteiger partial charge in [0.2, 0.25) is 0 Å². The lowest BCUT2D eigenvalue weighted by atomic mass is 10.1. The molecule has 0 saturated carbocycles. The first-order chi connectivity index (χ1) is 14.8. The molecule has 0 fully saturated rings. The van der Waals surface area contributed by atoms with Crippen molar-refractivity contribution < 1.29 is 22.4 Å². The Hall–Kier alpha value is -3.59. The second kappa shape index (κ2) is 9.48. The minimum atomic E-state index is -3.83. The van der Waals surface area contributed by atoms with Crippen molar-refractivity contribution in [2.45, 2.75) is 25.7 Å². The SMILES string of the molecule is CCOc1ccc(S(=O)(=O)N/N=C(/C)c2cccc(NC(=O)c3ccoc3C)c2)cc1. The lowest BCUT2D eigenvalue weighted by molar-refractivity contribution is 0.102. The van der Waals surface area contributed by atoms with Crippen LogP contribution in [0.4, 0.5) is 5.69 Å². The van der Waals surface area contributed by atoms with Gasteiger partial charge in [0, 0.05) is 5.69 Å². The van der Waals surface area contributed by atoms with Gasteiger partial charge < -0.3 is 14.5 Å². The smallest absolute Gasteiger partial charge is 0.276 e. The number of carbonyl (C=O) groups excluding carboxylic acids is 1. The predicted molar refractivity (Wildman–Crippen MR) is 118 cm³/mol. The van der Waals surface area contributed by atoms with Crippen molar-refractivity contribution in [3.05, 3.63) is 77.7 Å². The van der Waals surface area contributed by atoms with Crippen LogP contribution >= 0.6 is 0 Å². The molecule has 3 rings (SSSR count). The molecule has 1 heterocycles. The molecule has 9 heteroatoms. The van der Waals surface area contributed by atoms with E-state index < -0.39 is 10.0 Å². The average molecular weight is 442 g/mol. The molecule has 0 saturated heterocycles. The van der Waals surface area contributed by atoms with Crippen LogP contribution in [0.3, 0.4) is 0 Å².